The molecule has 0 atom stereocenters. The maximum absolute atomic E-state index is 11.0. The van der Waals surface area contributed by atoms with Gasteiger partial charge in [-0.2, -0.15) is 0 Å². The third-order valence-electron chi connectivity index (χ3n) is 2.04. The van der Waals surface area contributed by atoms with Crippen LogP contribution < -0.4 is 9.47 Å². The maximum Gasteiger partial charge on any atom is 0.308 e. The maximum atomic E-state index is 11.0. The van der Waals surface area contributed by atoms with E-state index >= 15 is 0 Å². The van der Waals surface area contributed by atoms with Gasteiger partial charge in [0.25, 0.3) is 0 Å². The lowest BCUT2D eigenvalue weighted by Gasteiger charge is -2.08. The first-order valence-corrected chi connectivity index (χ1v) is 4.95. The van der Waals surface area contributed by atoms with Crippen LogP contribution in [0.4, 0.5) is 0 Å². The van der Waals surface area contributed by atoms with Gasteiger partial charge in [-0.1, -0.05) is 0 Å². The van der Waals surface area contributed by atoms with Gasteiger partial charge in [-0.3, -0.25) is 9.59 Å². The zero-order chi connectivity index (χ0) is 12.4. The van der Waals surface area contributed by atoms with Crippen molar-refractivity contribution in [1.29, 1.82) is 0 Å². The lowest BCUT2D eigenvalue weighted by Crippen LogP contribution is -2.07. The average Bonchev–Trinajstić information content (AvgIpc) is 2.68. The molecule has 0 aliphatic heterocycles. The molecule has 1 aromatic carbocycles. The molecule has 0 bridgehead atoms. The highest BCUT2D eigenvalue weighted by Gasteiger charge is 2.16. The van der Waals surface area contributed by atoms with Crippen LogP contribution in [-0.2, 0) is 9.59 Å². The predicted octanol–water partition coefficient (Wildman–Crippen LogP) is 2.28. The molecule has 2 rings (SSSR count). The average molecular weight is 234 g/mol. The Bertz CT molecular complexity index is 582. The largest absolute Gasteiger partial charge is 0.460 e. The summed E-state index contributed by atoms with van der Waals surface area (Å²) in [6.07, 6.45) is 1.47. The standard InChI is InChI=1S/C12H10O5/c1-7(13)16-10-4-3-9-5-6-15-11(9)12(10)17-8(2)14/h3-6H,1-2H3. The second-order valence-corrected chi connectivity index (χ2v) is 3.42. The van der Waals surface area contributed by atoms with Crippen LogP contribution in [0.2, 0.25) is 0 Å². The van der Waals surface area contributed by atoms with Gasteiger partial charge in [0.1, 0.15) is 0 Å². The first kappa shape index (κ1) is 11.2. The number of ether oxygens (including phenoxy) is 2. The zero-order valence-corrected chi connectivity index (χ0v) is 9.35. The molecule has 0 amide bonds. The fourth-order valence-corrected chi connectivity index (χ4v) is 1.46. The van der Waals surface area contributed by atoms with Crippen molar-refractivity contribution in [2.24, 2.45) is 0 Å². The summed E-state index contributed by atoms with van der Waals surface area (Å²) in [6.45, 7) is 2.53. The molecule has 5 heteroatoms. The van der Waals surface area contributed by atoms with Crippen LogP contribution in [0, 0.1) is 0 Å². The van der Waals surface area contributed by atoms with Gasteiger partial charge in [-0.25, -0.2) is 0 Å². The number of carbonyl (C=O) groups excluding carboxylic acids is 2. The summed E-state index contributed by atoms with van der Waals surface area (Å²) in [5, 5.41) is 0.761. The summed E-state index contributed by atoms with van der Waals surface area (Å²) in [4.78, 5) is 21.9. The van der Waals surface area contributed by atoms with Crippen LogP contribution in [0.15, 0.2) is 28.9 Å². The Morgan fingerprint density at radius 2 is 1.76 bits per heavy atom. The molecule has 5 nitrogen and oxygen atoms in total. The molecule has 1 heterocycles. The molecule has 88 valence electrons. The number of furan rings is 1. The van der Waals surface area contributed by atoms with E-state index < -0.39 is 11.9 Å². The Labute approximate surface area is 96.9 Å². The summed E-state index contributed by atoms with van der Waals surface area (Å²) in [5.74, 6) is -0.725. The highest BCUT2D eigenvalue weighted by atomic mass is 16.6. The second-order valence-electron chi connectivity index (χ2n) is 3.42. The van der Waals surface area contributed by atoms with Crippen molar-refractivity contribution in [3.05, 3.63) is 24.5 Å². The molecule has 2 aromatic rings. The van der Waals surface area contributed by atoms with Crippen molar-refractivity contribution in [2.45, 2.75) is 13.8 Å². The summed E-state index contributed by atoms with van der Waals surface area (Å²) >= 11 is 0. The molecule has 0 aliphatic rings. The highest BCUT2D eigenvalue weighted by molar-refractivity contribution is 5.89. The van der Waals surface area contributed by atoms with Crippen molar-refractivity contribution < 1.29 is 23.5 Å². The topological polar surface area (TPSA) is 65.7 Å². The van der Waals surface area contributed by atoms with Gasteiger partial charge in [0, 0.05) is 19.2 Å². The third-order valence-corrected chi connectivity index (χ3v) is 2.04. The number of esters is 2. The molecule has 0 fully saturated rings. The fraction of sp³-hybridized carbons (Fsp3) is 0.167. The van der Waals surface area contributed by atoms with Gasteiger partial charge in [0.2, 0.25) is 5.75 Å². The van der Waals surface area contributed by atoms with Crippen LogP contribution in [-0.4, -0.2) is 11.9 Å². The van der Waals surface area contributed by atoms with E-state index in [0.29, 0.717) is 5.58 Å². The van der Waals surface area contributed by atoms with Crippen LogP contribution >= 0.6 is 0 Å². The Hall–Kier alpha value is -2.30. The van der Waals surface area contributed by atoms with Crippen molar-refractivity contribution >= 4 is 22.9 Å². The van der Waals surface area contributed by atoms with E-state index in [2.05, 4.69) is 0 Å². The molecular formula is C12H10O5. The molecule has 0 saturated carbocycles. The van der Waals surface area contributed by atoms with E-state index in [1.807, 2.05) is 0 Å². The first-order chi connectivity index (χ1) is 8.08. The van der Waals surface area contributed by atoms with Crippen LogP contribution in [0.25, 0.3) is 11.0 Å². The number of carbonyl (C=O) groups is 2. The fourth-order valence-electron chi connectivity index (χ4n) is 1.46. The molecule has 0 radical (unpaired) electrons. The molecule has 0 N–H and O–H groups in total. The normalized spacial score (nSPS) is 10.2. The number of fused-ring (bicyclic) bond motifs is 1. The lowest BCUT2D eigenvalue weighted by molar-refractivity contribution is -0.134. The van der Waals surface area contributed by atoms with Gasteiger partial charge in [0.05, 0.1) is 6.26 Å². The Balaban J connectivity index is 2.56. The van der Waals surface area contributed by atoms with Crippen LogP contribution in [0.5, 0.6) is 11.5 Å². The zero-order valence-electron chi connectivity index (χ0n) is 9.35. The summed E-state index contributed by atoms with van der Waals surface area (Å²) in [6, 6.07) is 4.99. The van der Waals surface area contributed by atoms with E-state index in [0.717, 1.165) is 5.39 Å². The van der Waals surface area contributed by atoms with Crippen molar-refractivity contribution in [3.63, 3.8) is 0 Å². The minimum absolute atomic E-state index is 0.121. The lowest BCUT2D eigenvalue weighted by atomic mass is 10.2. The molecule has 0 saturated heterocycles. The van der Waals surface area contributed by atoms with Gasteiger partial charge in [0.15, 0.2) is 11.3 Å². The van der Waals surface area contributed by atoms with Crippen LogP contribution in [0.3, 0.4) is 0 Å². The number of hydrogen-bond acceptors (Lipinski definition) is 5. The third kappa shape index (κ3) is 2.28. The molecule has 0 unspecified atom stereocenters. The molecule has 0 spiro atoms. The number of benzene rings is 1. The predicted molar refractivity (Wildman–Crippen MR) is 58.8 cm³/mol. The quantitative estimate of drug-likeness (QED) is 0.589. The van der Waals surface area contributed by atoms with E-state index in [1.165, 1.54) is 20.1 Å². The molecule has 0 aliphatic carbocycles. The monoisotopic (exact) mass is 234 g/mol. The van der Waals surface area contributed by atoms with Gasteiger partial charge < -0.3 is 13.9 Å². The molecule has 17 heavy (non-hydrogen) atoms. The Kier molecular flexibility index (Phi) is 2.82. The summed E-state index contributed by atoms with van der Waals surface area (Å²) in [5.41, 5.74) is 0.374. The molecule has 1 aromatic heterocycles. The highest BCUT2D eigenvalue weighted by Crippen LogP contribution is 2.36. The smallest absolute Gasteiger partial charge is 0.308 e. The Morgan fingerprint density at radius 3 is 2.41 bits per heavy atom. The first-order valence-electron chi connectivity index (χ1n) is 4.95. The minimum Gasteiger partial charge on any atom is -0.460 e. The van der Waals surface area contributed by atoms with Gasteiger partial charge in [-0.05, 0) is 18.2 Å². The number of rotatable bonds is 2. The minimum atomic E-state index is -0.512. The van der Waals surface area contributed by atoms with E-state index in [1.54, 1.807) is 18.2 Å². The van der Waals surface area contributed by atoms with E-state index in [-0.39, 0.29) is 11.5 Å². The van der Waals surface area contributed by atoms with E-state index in [4.69, 9.17) is 13.9 Å². The Morgan fingerprint density at radius 1 is 1.06 bits per heavy atom. The SMILES string of the molecule is CC(=O)Oc1ccc2ccoc2c1OC(C)=O. The summed E-state index contributed by atoms with van der Waals surface area (Å²) < 4.78 is 15.2. The van der Waals surface area contributed by atoms with Gasteiger partial charge >= 0.3 is 11.9 Å². The van der Waals surface area contributed by atoms with Crippen molar-refractivity contribution in [2.75, 3.05) is 0 Å². The van der Waals surface area contributed by atoms with Crippen molar-refractivity contribution in [3.8, 4) is 11.5 Å². The second kappa shape index (κ2) is 4.29. The number of hydrogen-bond donors (Lipinski definition) is 0. The van der Waals surface area contributed by atoms with E-state index in [9.17, 15) is 9.59 Å². The van der Waals surface area contributed by atoms with Crippen LogP contribution in [0.1, 0.15) is 13.8 Å². The van der Waals surface area contributed by atoms with Crippen molar-refractivity contribution in [1.82, 2.24) is 0 Å². The van der Waals surface area contributed by atoms with Gasteiger partial charge in [-0.15, -0.1) is 0 Å². The summed E-state index contributed by atoms with van der Waals surface area (Å²) in [7, 11) is 0. The molecular weight excluding hydrogens is 224 g/mol.